The third kappa shape index (κ3) is 0.982. The Balaban J connectivity index is 1.71. The normalized spacial score (nSPS) is 45.1. The number of amides is 1. The summed E-state index contributed by atoms with van der Waals surface area (Å²) in [5.74, 6) is 1.81. The van der Waals surface area contributed by atoms with Crippen LogP contribution in [-0.4, -0.2) is 40.4 Å². The van der Waals surface area contributed by atoms with Crippen molar-refractivity contribution in [3.8, 4) is 0 Å². The van der Waals surface area contributed by atoms with Crippen molar-refractivity contribution in [3.63, 3.8) is 0 Å². The summed E-state index contributed by atoms with van der Waals surface area (Å²) in [6, 6.07) is 0. The fraction of sp³-hybridized carbons (Fsp3) is 0.909. The van der Waals surface area contributed by atoms with E-state index in [1.54, 1.807) is 4.90 Å². The van der Waals surface area contributed by atoms with Crippen LogP contribution >= 0.6 is 0 Å². The molecule has 84 valence electrons. The Labute approximate surface area is 89.2 Å². The minimum atomic E-state index is -0.448. The van der Waals surface area contributed by atoms with Crippen LogP contribution in [0.5, 0.6) is 0 Å². The number of piperidine rings is 1. The van der Waals surface area contributed by atoms with E-state index in [-0.39, 0.29) is 18.2 Å². The van der Waals surface area contributed by atoms with Gasteiger partial charge >= 0.3 is 6.09 Å². The lowest BCUT2D eigenvalue weighted by Crippen LogP contribution is -2.44. The van der Waals surface area contributed by atoms with E-state index in [4.69, 9.17) is 4.74 Å². The predicted octanol–water partition coefficient (Wildman–Crippen LogP) is 0.844. The van der Waals surface area contributed by atoms with Gasteiger partial charge in [-0.25, -0.2) is 4.79 Å². The lowest BCUT2D eigenvalue weighted by atomic mass is 10.1. The molecule has 2 bridgehead atoms. The van der Waals surface area contributed by atoms with Gasteiger partial charge < -0.3 is 9.84 Å². The summed E-state index contributed by atoms with van der Waals surface area (Å²) in [5.41, 5.74) is -0.664. The summed E-state index contributed by atoms with van der Waals surface area (Å²) < 4.78 is 5.33. The van der Waals surface area contributed by atoms with Gasteiger partial charge in [0.15, 0.2) is 0 Å². The molecule has 4 aliphatic rings. The highest BCUT2D eigenvalue weighted by atomic mass is 16.6. The highest BCUT2D eigenvalue weighted by molar-refractivity contribution is 5.73. The van der Waals surface area contributed by atoms with Crippen molar-refractivity contribution in [1.82, 2.24) is 4.90 Å². The second-order valence-electron chi connectivity index (χ2n) is 5.96. The molecular weight excluding hydrogens is 194 g/mol. The number of nitrogens with zero attached hydrogens (tertiary/aromatic N) is 1. The number of ether oxygens (including phenoxy) is 1. The molecule has 0 aromatic carbocycles. The lowest BCUT2D eigenvalue weighted by Gasteiger charge is -2.29. The van der Waals surface area contributed by atoms with Crippen LogP contribution in [-0.2, 0) is 4.74 Å². The van der Waals surface area contributed by atoms with E-state index in [0.717, 1.165) is 6.54 Å². The third-order valence-corrected chi connectivity index (χ3v) is 3.98. The molecule has 0 aromatic rings. The Bertz CT molecular complexity index is 323. The molecule has 2 aliphatic heterocycles. The second kappa shape index (κ2) is 2.32. The molecule has 4 fully saturated rings. The topological polar surface area (TPSA) is 49.8 Å². The van der Waals surface area contributed by atoms with E-state index in [1.807, 2.05) is 20.8 Å². The van der Waals surface area contributed by atoms with Crippen LogP contribution in [0.4, 0.5) is 4.79 Å². The molecule has 2 saturated heterocycles. The van der Waals surface area contributed by atoms with Gasteiger partial charge in [-0.2, -0.15) is 0 Å². The maximum absolute atomic E-state index is 11.9. The van der Waals surface area contributed by atoms with Crippen LogP contribution in [0.1, 0.15) is 20.8 Å². The summed E-state index contributed by atoms with van der Waals surface area (Å²) in [7, 11) is 0. The SMILES string of the molecule is CC(C)(C)OC(=O)N1C[C@H]2C3C2[C@]31CO. The number of carbonyl (C=O) groups excluding carboxylic acids is 1. The Kier molecular flexibility index (Phi) is 1.46. The van der Waals surface area contributed by atoms with Crippen LogP contribution in [0, 0.1) is 17.8 Å². The van der Waals surface area contributed by atoms with Gasteiger partial charge in [0, 0.05) is 6.54 Å². The van der Waals surface area contributed by atoms with Crippen molar-refractivity contribution < 1.29 is 14.6 Å². The van der Waals surface area contributed by atoms with E-state index < -0.39 is 5.60 Å². The Morgan fingerprint density at radius 1 is 1.53 bits per heavy atom. The Morgan fingerprint density at radius 3 is 2.60 bits per heavy atom. The average molecular weight is 211 g/mol. The standard InChI is InChI=1S/C11H17NO3/c1-10(2,3)15-9(14)12-4-6-7-8(6)11(7,12)5-13/h6-8,13H,4-5H2,1-3H3/t6-,7?,8?,11-. The molecule has 0 spiro atoms. The van der Waals surface area contributed by atoms with Crippen molar-refractivity contribution >= 4 is 6.09 Å². The quantitative estimate of drug-likeness (QED) is 0.699. The number of aliphatic hydroxyl groups is 1. The first-order valence-corrected chi connectivity index (χ1v) is 5.53. The van der Waals surface area contributed by atoms with Gasteiger partial charge in [-0.15, -0.1) is 0 Å². The van der Waals surface area contributed by atoms with Gasteiger partial charge in [-0.3, -0.25) is 4.90 Å². The second-order valence-corrected chi connectivity index (χ2v) is 5.96. The number of rotatable bonds is 1. The molecule has 2 heterocycles. The minimum Gasteiger partial charge on any atom is -0.444 e. The zero-order valence-corrected chi connectivity index (χ0v) is 9.36. The highest BCUT2D eigenvalue weighted by Crippen LogP contribution is 2.82. The maximum Gasteiger partial charge on any atom is 0.410 e. The predicted molar refractivity (Wildman–Crippen MR) is 53.2 cm³/mol. The van der Waals surface area contributed by atoms with Crippen LogP contribution in [0.3, 0.4) is 0 Å². The van der Waals surface area contributed by atoms with Crippen molar-refractivity contribution in [2.75, 3.05) is 13.2 Å². The average Bonchev–Trinajstić information content (AvgIpc) is 2.89. The molecule has 4 nitrogen and oxygen atoms in total. The first-order chi connectivity index (χ1) is 6.92. The molecular formula is C11H17NO3. The van der Waals surface area contributed by atoms with Crippen molar-refractivity contribution in [1.29, 1.82) is 0 Å². The summed E-state index contributed by atoms with van der Waals surface area (Å²) in [6.45, 7) is 6.47. The van der Waals surface area contributed by atoms with Gasteiger partial charge in [-0.1, -0.05) is 0 Å². The van der Waals surface area contributed by atoms with Crippen molar-refractivity contribution in [2.24, 2.45) is 17.8 Å². The summed E-state index contributed by atoms with van der Waals surface area (Å²) in [6.07, 6.45) is -0.260. The van der Waals surface area contributed by atoms with E-state index in [1.165, 1.54) is 0 Å². The van der Waals surface area contributed by atoms with E-state index >= 15 is 0 Å². The molecule has 15 heavy (non-hydrogen) atoms. The van der Waals surface area contributed by atoms with E-state index in [0.29, 0.717) is 17.8 Å². The fourth-order valence-corrected chi connectivity index (χ4v) is 3.31. The van der Waals surface area contributed by atoms with Crippen LogP contribution in [0.25, 0.3) is 0 Å². The number of hydrogen-bond acceptors (Lipinski definition) is 3. The van der Waals surface area contributed by atoms with Gasteiger partial charge in [-0.05, 0) is 38.5 Å². The fourth-order valence-electron chi connectivity index (χ4n) is 3.31. The molecule has 2 atom stereocenters. The molecule has 1 amide bonds. The first kappa shape index (κ1) is 9.46. The Morgan fingerprint density at radius 2 is 2.13 bits per heavy atom. The number of carbonyl (C=O) groups is 1. The monoisotopic (exact) mass is 211 g/mol. The molecule has 0 radical (unpaired) electrons. The third-order valence-electron chi connectivity index (χ3n) is 3.98. The van der Waals surface area contributed by atoms with Crippen molar-refractivity contribution in [2.45, 2.75) is 31.9 Å². The van der Waals surface area contributed by atoms with Gasteiger partial charge in [0.1, 0.15) is 5.60 Å². The van der Waals surface area contributed by atoms with E-state index in [9.17, 15) is 9.90 Å². The highest BCUT2D eigenvalue weighted by Gasteiger charge is 2.91. The van der Waals surface area contributed by atoms with Crippen LogP contribution in [0.15, 0.2) is 0 Å². The number of hydrogen-bond donors (Lipinski definition) is 1. The first-order valence-electron chi connectivity index (χ1n) is 5.53. The van der Waals surface area contributed by atoms with Gasteiger partial charge in [0.25, 0.3) is 0 Å². The molecule has 0 aromatic heterocycles. The summed E-state index contributed by atoms with van der Waals surface area (Å²) >= 11 is 0. The molecule has 2 saturated carbocycles. The summed E-state index contributed by atoms with van der Waals surface area (Å²) in [4.78, 5) is 13.6. The summed E-state index contributed by atoms with van der Waals surface area (Å²) in [5, 5.41) is 9.35. The molecule has 4 rings (SSSR count). The lowest BCUT2D eigenvalue weighted by molar-refractivity contribution is 0.0118. The molecule has 2 unspecified atom stereocenters. The van der Waals surface area contributed by atoms with Crippen LogP contribution < -0.4 is 0 Å². The maximum atomic E-state index is 11.9. The molecule has 2 aliphatic carbocycles. The minimum absolute atomic E-state index is 0.0953. The molecule has 1 N–H and O–H groups in total. The van der Waals surface area contributed by atoms with E-state index in [2.05, 4.69) is 0 Å². The number of aliphatic hydroxyl groups excluding tert-OH is 1. The van der Waals surface area contributed by atoms with Gasteiger partial charge in [0.05, 0.1) is 12.1 Å². The Hall–Kier alpha value is -0.770. The smallest absolute Gasteiger partial charge is 0.410 e. The molecule has 4 heteroatoms. The van der Waals surface area contributed by atoms with Crippen LogP contribution in [0.2, 0.25) is 0 Å². The number of fused-ring (bicyclic) bond motifs is 1. The largest absolute Gasteiger partial charge is 0.444 e. The zero-order chi connectivity index (χ0) is 11.0. The van der Waals surface area contributed by atoms with Crippen molar-refractivity contribution in [3.05, 3.63) is 0 Å². The zero-order valence-electron chi connectivity index (χ0n) is 9.36. The van der Waals surface area contributed by atoms with Gasteiger partial charge in [0.2, 0.25) is 0 Å².